The Bertz CT molecular complexity index is 372. The number of benzene rings is 1. The second kappa shape index (κ2) is 5.30. The number of hydrogen-bond donors (Lipinski definition) is 2. The maximum atomic E-state index is 10.5. The van der Waals surface area contributed by atoms with Crippen molar-refractivity contribution in [1.29, 1.82) is 0 Å². The van der Waals surface area contributed by atoms with Gasteiger partial charge < -0.3 is 20.7 Å². The number of carboxylic acid groups (broad SMARTS) is 1. The highest BCUT2D eigenvalue weighted by molar-refractivity contribution is 14.1. The van der Waals surface area contributed by atoms with Crippen LogP contribution in [0.4, 0.5) is 0 Å². The van der Waals surface area contributed by atoms with Crippen LogP contribution < -0.4 is 10.8 Å². The molecule has 0 aliphatic carbocycles. The highest BCUT2D eigenvalue weighted by atomic mass is 127. The van der Waals surface area contributed by atoms with Gasteiger partial charge in [0.1, 0.15) is 5.75 Å². The molecule has 0 fully saturated rings. The minimum Gasteiger partial charge on any atom is -0.548 e. The lowest BCUT2D eigenvalue weighted by atomic mass is 10.1. The van der Waals surface area contributed by atoms with Gasteiger partial charge in [-0.3, -0.25) is 0 Å². The molecule has 0 aromatic heterocycles. The third-order valence-electron chi connectivity index (χ3n) is 1.84. The number of halogens is 2. The van der Waals surface area contributed by atoms with E-state index in [2.05, 4.69) is 0 Å². The number of aliphatic carboxylic acids is 1. The number of aromatic hydroxyl groups is 1. The molecule has 3 N–H and O–H groups in total. The van der Waals surface area contributed by atoms with E-state index in [0.29, 0.717) is 7.14 Å². The molecule has 0 heterocycles. The number of carboxylic acids is 1. The molecule has 1 rings (SSSR count). The average Bonchev–Trinajstić information content (AvgIpc) is 2.13. The number of hydrogen-bond acceptors (Lipinski definition) is 4. The van der Waals surface area contributed by atoms with Crippen molar-refractivity contribution in [2.24, 2.45) is 5.73 Å². The Balaban J connectivity index is 2.92. The topological polar surface area (TPSA) is 86.4 Å². The van der Waals surface area contributed by atoms with Crippen molar-refractivity contribution >= 4 is 51.2 Å². The molecule has 1 atom stereocenters. The fourth-order valence-electron chi connectivity index (χ4n) is 1.07. The zero-order chi connectivity index (χ0) is 11.6. The Hall–Kier alpha value is -0.0900. The Morgan fingerprint density at radius 2 is 1.93 bits per heavy atom. The largest absolute Gasteiger partial charge is 0.548 e. The first kappa shape index (κ1) is 13.0. The van der Waals surface area contributed by atoms with E-state index < -0.39 is 12.0 Å². The predicted molar refractivity (Wildman–Crippen MR) is 70.2 cm³/mol. The first-order valence-corrected chi connectivity index (χ1v) is 6.21. The molecule has 1 aromatic rings. The number of nitrogens with two attached hydrogens (primary N) is 1. The summed E-state index contributed by atoms with van der Waals surface area (Å²) in [5, 5.41) is 20.0. The average molecular weight is 432 g/mol. The Morgan fingerprint density at radius 3 is 2.33 bits per heavy atom. The smallest absolute Gasteiger partial charge is 0.142 e. The summed E-state index contributed by atoms with van der Waals surface area (Å²) in [5.41, 5.74) is 6.13. The molecular formula is C9H8I2NO3-. The van der Waals surface area contributed by atoms with Crippen LogP contribution in [0.2, 0.25) is 0 Å². The van der Waals surface area contributed by atoms with Gasteiger partial charge in [-0.2, -0.15) is 0 Å². The summed E-state index contributed by atoms with van der Waals surface area (Å²) < 4.78 is 1.36. The maximum absolute atomic E-state index is 10.5. The van der Waals surface area contributed by atoms with Crippen LogP contribution in [0.3, 0.4) is 0 Å². The van der Waals surface area contributed by atoms with Gasteiger partial charge in [0.25, 0.3) is 0 Å². The standard InChI is InChI=1S/C9H9I2NO3/c10-5-1-4(2-6(11)8(5)13)3-7(12)9(14)15/h1-2,7,13H,3,12H2,(H,14,15)/p-1. The van der Waals surface area contributed by atoms with Crippen LogP contribution in [0.1, 0.15) is 5.56 Å². The lowest BCUT2D eigenvalue weighted by molar-refractivity contribution is -0.307. The Labute approximate surface area is 114 Å². The van der Waals surface area contributed by atoms with E-state index >= 15 is 0 Å². The molecule has 1 aromatic carbocycles. The first-order chi connectivity index (χ1) is 6.91. The highest BCUT2D eigenvalue weighted by Crippen LogP contribution is 2.27. The van der Waals surface area contributed by atoms with Gasteiger partial charge in [0.05, 0.1) is 13.1 Å². The van der Waals surface area contributed by atoms with Crippen LogP contribution in [-0.4, -0.2) is 17.1 Å². The summed E-state index contributed by atoms with van der Waals surface area (Å²) in [6.07, 6.45) is 0.203. The lowest BCUT2D eigenvalue weighted by Gasteiger charge is -2.13. The molecule has 0 spiro atoms. The van der Waals surface area contributed by atoms with Crippen molar-refractivity contribution in [3.05, 3.63) is 24.8 Å². The molecule has 0 saturated heterocycles. The van der Waals surface area contributed by atoms with Crippen molar-refractivity contribution in [2.45, 2.75) is 12.5 Å². The van der Waals surface area contributed by atoms with E-state index in [0.717, 1.165) is 5.56 Å². The van der Waals surface area contributed by atoms with Crippen molar-refractivity contribution < 1.29 is 15.0 Å². The molecule has 0 saturated carbocycles. The molecule has 4 nitrogen and oxygen atoms in total. The van der Waals surface area contributed by atoms with Gasteiger partial charge in [-0.25, -0.2) is 0 Å². The number of rotatable bonds is 3. The fourth-order valence-corrected chi connectivity index (χ4v) is 2.97. The van der Waals surface area contributed by atoms with E-state index in [-0.39, 0.29) is 12.2 Å². The van der Waals surface area contributed by atoms with Gasteiger partial charge in [0.2, 0.25) is 0 Å². The fraction of sp³-hybridized carbons (Fsp3) is 0.222. The molecular weight excluding hydrogens is 424 g/mol. The van der Waals surface area contributed by atoms with Gasteiger partial charge in [0, 0.05) is 6.04 Å². The monoisotopic (exact) mass is 432 g/mol. The molecule has 0 aliphatic rings. The van der Waals surface area contributed by atoms with Crippen molar-refractivity contribution in [2.75, 3.05) is 0 Å². The molecule has 6 heteroatoms. The summed E-state index contributed by atoms with van der Waals surface area (Å²) in [6, 6.07) is 2.41. The van der Waals surface area contributed by atoms with Crippen LogP contribution in [0, 0.1) is 7.14 Å². The van der Waals surface area contributed by atoms with Crippen LogP contribution in [0.25, 0.3) is 0 Å². The van der Waals surface area contributed by atoms with E-state index in [1.165, 1.54) is 0 Å². The summed E-state index contributed by atoms with van der Waals surface area (Å²) >= 11 is 3.96. The van der Waals surface area contributed by atoms with E-state index in [9.17, 15) is 15.0 Å². The van der Waals surface area contributed by atoms with Crippen LogP contribution in [0.15, 0.2) is 12.1 Å². The molecule has 0 amide bonds. The van der Waals surface area contributed by atoms with Gasteiger partial charge in [0.15, 0.2) is 0 Å². The van der Waals surface area contributed by atoms with Crippen molar-refractivity contribution in [3.63, 3.8) is 0 Å². The van der Waals surface area contributed by atoms with E-state index in [1.807, 2.05) is 45.2 Å². The van der Waals surface area contributed by atoms with Gasteiger partial charge >= 0.3 is 0 Å². The van der Waals surface area contributed by atoms with Gasteiger partial charge in [-0.15, -0.1) is 0 Å². The summed E-state index contributed by atoms with van der Waals surface area (Å²) in [4.78, 5) is 10.5. The molecule has 0 bridgehead atoms. The summed E-state index contributed by atoms with van der Waals surface area (Å²) in [5.74, 6) is -1.06. The zero-order valence-corrected chi connectivity index (χ0v) is 11.9. The second-order valence-electron chi connectivity index (χ2n) is 3.04. The highest BCUT2D eigenvalue weighted by Gasteiger charge is 2.09. The number of carbonyl (C=O) groups excluding carboxylic acids is 1. The number of carbonyl (C=O) groups is 1. The molecule has 0 radical (unpaired) electrons. The van der Waals surface area contributed by atoms with Crippen molar-refractivity contribution in [3.8, 4) is 5.75 Å². The second-order valence-corrected chi connectivity index (χ2v) is 5.36. The SMILES string of the molecule is NC(Cc1cc(I)c(O)c(I)c1)C(=O)[O-]. The molecule has 0 aliphatic heterocycles. The third-order valence-corrected chi connectivity index (χ3v) is 3.48. The minimum atomic E-state index is -1.27. The van der Waals surface area contributed by atoms with Crippen LogP contribution in [0.5, 0.6) is 5.75 Å². The zero-order valence-electron chi connectivity index (χ0n) is 7.54. The lowest BCUT2D eigenvalue weighted by Crippen LogP contribution is -2.43. The van der Waals surface area contributed by atoms with Crippen LogP contribution >= 0.6 is 45.2 Å². The molecule has 1 unspecified atom stereocenters. The Kier molecular flexibility index (Phi) is 4.59. The number of phenols is 1. The van der Waals surface area contributed by atoms with E-state index in [1.54, 1.807) is 12.1 Å². The van der Waals surface area contributed by atoms with Gasteiger partial charge in [-0.05, 0) is 69.3 Å². The number of phenolic OH excluding ortho intramolecular Hbond substituents is 1. The van der Waals surface area contributed by atoms with Gasteiger partial charge in [-0.1, -0.05) is 0 Å². The predicted octanol–water partition coefficient (Wildman–Crippen LogP) is 0.221. The maximum Gasteiger partial charge on any atom is 0.142 e. The Morgan fingerprint density at radius 1 is 1.47 bits per heavy atom. The summed E-state index contributed by atoms with van der Waals surface area (Å²) in [7, 11) is 0. The van der Waals surface area contributed by atoms with Crippen molar-refractivity contribution in [1.82, 2.24) is 0 Å². The van der Waals surface area contributed by atoms with E-state index in [4.69, 9.17) is 5.73 Å². The molecule has 82 valence electrons. The minimum absolute atomic E-state index is 0.203. The normalized spacial score (nSPS) is 12.5. The quantitative estimate of drug-likeness (QED) is 0.670. The summed E-state index contributed by atoms with van der Waals surface area (Å²) in [6.45, 7) is 0. The third kappa shape index (κ3) is 3.45. The van der Waals surface area contributed by atoms with Crippen LogP contribution in [-0.2, 0) is 11.2 Å². The molecule has 15 heavy (non-hydrogen) atoms. The first-order valence-electron chi connectivity index (χ1n) is 4.05.